The van der Waals surface area contributed by atoms with Crippen molar-refractivity contribution in [1.29, 1.82) is 0 Å². The second-order valence-electron chi connectivity index (χ2n) is 8.93. The van der Waals surface area contributed by atoms with Crippen molar-refractivity contribution >= 4 is 0 Å². The van der Waals surface area contributed by atoms with Crippen LogP contribution in [-0.4, -0.2) is 9.97 Å². The number of benzene rings is 4. The quantitative estimate of drug-likeness (QED) is 0.171. The molecular formula is C35H24IrN2O-2. The van der Waals surface area contributed by atoms with E-state index in [1.165, 1.54) is 16.7 Å². The van der Waals surface area contributed by atoms with Crippen molar-refractivity contribution in [2.24, 2.45) is 0 Å². The van der Waals surface area contributed by atoms with E-state index in [9.17, 15) is 0 Å². The maximum atomic E-state index is 6.01. The van der Waals surface area contributed by atoms with Gasteiger partial charge in [-0.2, -0.15) is 0 Å². The smallest absolute Gasteiger partial charge is 0.121 e. The van der Waals surface area contributed by atoms with Crippen LogP contribution in [0.15, 0.2) is 128 Å². The molecule has 4 heteroatoms. The van der Waals surface area contributed by atoms with Crippen LogP contribution in [0.3, 0.4) is 0 Å². The maximum Gasteiger partial charge on any atom is 0.121 e. The van der Waals surface area contributed by atoms with Crippen LogP contribution in [0.5, 0.6) is 11.5 Å². The molecule has 0 N–H and O–H groups in total. The summed E-state index contributed by atoms with van der Waals surface area (Å²) in [7, 11) is 0. The van der Waals surface area contributed by atoms with Gasteiger partial charge in [-0.15, -0.1) is 60.2 Å². The number of hydrogen-bond acceptors (Lipinski definition) is 3. The number of pyridine rings is 2. The Kier molecular flexibility index (Phi) is 8.07. The fourth-order valence-corrected chi connectivity index (χ4v) is 4.59. The summed E-state index contributed by atoms with van der Waals surface area (Å²) in [4.78, 5) is 9.06. The molecule has 1 aliphatic heterocycles. The van der Waals surface area contributed by atoms with E-state index in [1.54, 1.807) is 6.20 Å². The molecule has 4 aromatic carbocycles. The van der Waals surface area contributed by atoms with E-state index in [0.717, 1.165) is 45.1 Å². The molecule has 191 valence electrons. The summed E-state index contributed by atoms with van der Waals surface area (Å²) >= 11 is 0. The molecule has 3 nitrogen and oxygen atoms in total. The van der Waals surface area contributed by atoms with Gasteiger partial charge in [-0.1, -0.05) is 66.2 Å². The van der Waals surface area contributed by atoms with Gasteiger partial charge >= 0.3 is 0 Å². The van der Waals surface area contributed by atoms with Crippen molar-refractivity contribution in [3.63, 3.8) is 0 Å². The SMILES string of the molecule is Cc1cc(-c2[c-]cccc2)ncc1-c1ccccc1.[Ir].[c-]1cccc2c1-c1ncccc1-c1ccccc1O2. The predicted molar refractivity (Wildman–Crippen MR) is 153 cm³/mol. The Hall–Kier alpha value is -4.37. The number of fused-ring (bicyclic) bond motifs is 5. The third kappa shape index (κ3) is 5.58. The average molecular weight is 681 g/mol. The molecule has 0 atom stereocenters. The van der Waals surface area contributed by atoms with Crippen molar-refractivity contribution in [3.8, 4) is 56.3 Å². The van der Waals surface area contributed by atoms with Crippen LogP contribution in [-0.2, 0) is 20.1 Å². The van der Waals surface area contributed by atoms with E-state index in [2.05, 4.69) is 59.4 Å². The van der Waals surface area contributed by atoms with Gasteiger partial charge in [-0.25, -0.2) is 0 Å². The minimum atomic E-state index is 0. The van der Waals surface area contributed by atoms with Gasteiger partial charge in [0.2, 0.25) is 0 Å². The zero-order valence-corrected chi connectivity index (χ0v) is 23.7. The Morgan fingerprint density at radius 3 is 2.21 bits per heavy atom. The number of rotatable bonds is 2. The first-order valence-corrected chi connectivity index (χ1v) is 12.5. The third-order valence-corrected chi connectivity index (χ3v) is 6.44. The second-order valence-corrected chi connectivity index (χ2v) is 8.93. The zero-order valence-electron chi connectivity index (χ0n) is 21.3. The molecule has 3 heterocycles. The molecule has 1 radical (unpaired) electrons. The summed E-state index contributed by atoms with van der Waals surface area (Å²) in [5.41, 5.74) is 9.60. The van der Waals surface area contributed by atoms with E-state index >= 15 is 0 Å². The fraction of sp³-hybridized carbons (Fsp3) is 0.0286. The molecule has 1 aliphatic rings. The van der Waals surface area contributed by atoms with E-state index in [1.807, 2.05) is 91.1 Å². The first-order valence-electron chi connectivity index (χ1n) is 12.5. The molecule has 0 fully saturated rings. The topological polar surface area (TPSA) is 35.0 Å². The van der Waals surface area contributed by atoms with Crippen LogP contribution < -0.4 is 4.74 Å². The van der Waals surface area contributed by atoms with Gasteiger partial charge in [0, 0.05) is 49.4 Å². The number of nitrogens with zero attached hydrogens (tertiary/aromatic N) is 2. The van der Waals surface area contributed by atoms with Crippen molar-refractivity contribution in [2.75, 3.05) is 0 Å². The normalized spacial score (nSPS) is 10.7. The monoisotopic (exact) mass is 681 g/mol. The maximum absolute atomic E-state index is 6.01. The molecule has 0 amide bonds. The zero-order chi connectivity index (χ0) is 25.7. The van der Waals surface area contributed by atoms with Crippen molar-refractivity contribution < 1.29 is 24.8 Å². The van der Waals surface area contributed by atoms with Gasteiger partial charge < -0.3 is 14.7 Å². The largest absolute Gasteiger partial charge is 0.501 e. The summed E-state index contributed by atoms with van der Waals surface area (Å²) in [5, 5.41) is 0. The molecular weight excluding hydrogens is 657 g/mol. The van der Waals surface area contributed by atoms with Crippen LogP contribution in [0.4, 0.5) is 0 Å². The van der Waals surface area contributed by atoms with E-state index in [-0.39, 0.29) is 20.1 Å². The first kappa shape index (κ1) is 26.2. The summed E-state index contributed by atoms with van der Waals surface area (Å²) in [6.45, 7) is 2.12. The predicted octanol–water partition coefficient (Wildman–Crippen LogP) is 8.84. The Labute approximate surface area is 242 Å². The molecule has 39 heavy (non-hydrogen) atoms. The molecule has 0 bridgehead atoms. The fourth-order valence-electron chi connectivity index (χ4n) is 4.59. The number of para-hydroxylation sites is 1. The Balaban J connectivity index is 0.000000154. The van der Waals surface area contributed by atoms with Gasteiger partial charge in [0.1, 0.15) is 5.75 Å². The Morgan fingerprint density at radius 1 is 0.641 bits per heavy atom. The van der Waals surface area contributed by atoms with Crippen molar-refractivity contribution in [3.05, 3.63) is 145 Å². The standard InChI is InChI=1S/C18H14N.C17H10NO.Ir/c1-14-12-18(16-10-6-3-7-11-16)19-13-17(14)15-8-4-2-5-9-15;1-3-9-15-12(6-1)13-8-5-11-18-17(13)14-7-2-4-10-16(14)19-15;/h2-10,12-13H,1H3;1-6,8-11H;/q2*-1;. The molecule has 0 unspecified atom stereocenters. The minimum absolute atomic E-state index is 0. The van der Waals surface area contributed by atoms with Gasteiger partial charge in [0.15, 0.2) is 0 Å². The average Bonchev–Trinajstić information content (AvgIpc) is 3.13. The van der Waals surface area contributed by atoms with Crippen LogP contribution >= 0.6 is 0 Å². The van der Waals surface area contributed by atoms with Gasteiger partial charge in [-0.05, 0) is 47.1 Å². The van der Waals surface area contributed by atoms with Gasteiger partial charge in [-0.3, -0.25) is 0 Å². The number of ether oxygens (including phenoxy) is 1. The Morgan fingerprint density at radius 2 is 1.38 bits per heavy atom. The van der Waals surface area contributed by atoms with E-state index < -0.39 is 0 Å². The number of aromatic nitrogens is 2. The summed E-state index contributed by atoms with van der Waals surface area (Å²) in [6.07, 6.45) is 3.75. The van der Waals surface area contributed by atoms with E-state index in [4.69, 9.17) is 4.74 Å². The number of aryl methyl sites for hydroxylation is 1. The van der Waals surface area contributed by atoms with Crippen molar-refractivity contribution in [1.82, 2.24) is 9.97 Å². The van der Waals surface area contributed by atoms with Crippen LogP contribution in [0.2, 0.25) is 0 Å². The van der Waals surface area contributed by atoms with Crippen LogP contribution in [0.1, 0.15) is 5.56 Å². The van der Waals surface area contributed by atoms with Gasteiger partial charge in [0.05, 0.1) is 0 Å². The number of hydrogen-bond donors (Lipinski definition) is 0. The summed E-state index contributed by atoms with van der Waals surface area (Å²) < 4.78 is 6.01. The molecule has 2 aromatic heterocycles. The molecule has 0 saturated heterocycles. The Bertz CT molecular complexity index is 1640. The van der Waals surface area contributed by atoms with Crippen LogP contribution in [0, 0.1) is 19.1 Å². The van der Waals surface area contributed by atoms with Crippen molar-refractivity contribution in [2.45, 2.75) is 6.92 Å². The summed E-state index contributed by atoms with van der Waals surface area (Å²) in [6, 6.07) is 44.6. The molecule has 0 spiro atoms. The van der Waals surface area contributed by atoms with Gasteiger partial charge in [0.25, 0.3) is 0 Å². The minimum Gasteiger partial charge on any atom is -0.501 e. The summed E-state index contributed by atoms with van der Waals surface area (Å²) in [5.74, 6) is 1.66. The van der Waals surface area contributed by atoms with Crippen LogP contribution in [0.25, 0.3) is 44.8 Å². The first-order chi connectivity index (χ1) is 18.8. The van der Waals surface area contributed by atoms with E-state index in [0.29, 0.717) is 0 Å². The molecule has 7 rings (SSSR count). The third-order valence-electron chi connectivity index (χ3n) is 6.44. The molecule has 6 aromatic rings. The second kappa shape index (κ2) is 12.0. The molecule has 0 aliphatic carbocycles. The molecule has 0 saturated carbocycles.